The molecule has 0 aliphatic carbocycles. The lowest BCUT2D eigenvalue weighted by atomic mass is 10.1. The van der Waals surface area contributed by atoms with Crippen molar-refractivity contribution in [3.8, 4) is 0 Å². The second-order valence-electron chi connectivity index (χ2n) is 5.29. The quantitative estimate of drug-likeness (QED) is 0.365. The first-order valence-electron chi connectivity index (χ1n) is 8.23. The third-order valence-electron chi connectivity index (χ3n) is 3.66. The normalized spacial score (nSPS) is 19.7. The Labute approximate surface area is 141 Å². The fourth-order valence-corrected chi connectivity index (χ4v) is 2.77. The van der Waals surface area contributed by atoms with E-state index in [1.165, 1.54) is 4.90 Å². The summed E-state index contributed by atoms with van der Waals surface area (Å²) in [7, 11) is 0. The highest BCUT2D eigenvalue weighted by Gasteiger charge is 2.43. The molecule has 1 aliphatic heterocycles. The van der Waals surface area contributed by atoms with E-state index in [-0.39, 0.29) is 26.2 Å². The first-order chi connectivity index (χ1) is 11.4. The van der Waals surface area contributed by atoms with Crippen LogP contribution in [0.5, 0.6) is 0 Å². The summed E-state index contributed by atoms with van der Waals surface area (Å²) in [6.45, 7) is 5.61. The van der Waals surface area contributed by atoms with E-state index in [9.17, 15) is 19.2 Å². The van der Waals surface area contributed by atoms with Crippen LogP contribution in [0.25, 0.3) is 0 Å². The van der Waals surface area contributed by atoms with Crippen LogP contribution in [0.3, 0.4) is 0 Å². The summed E-state index contributed by atoms with van der Waals surface area (Å²) in [6, 6.07) is -1.27. The maximum atomic E-state index is 12.5. The minimum Gasteiger partial charge on any atom is -0.466 e. The van der Waals surface area contributed by atoms with Crippen LogP contribution >= 0.6 is 0 Å². The van der Waals surface area contributed by atoms with Gasteiger partial charge in [0.15, 0.2) is 0 Å². The van der Waals surface area contributed by atoms with Crippen LogP contribution in [0.2, 0.25) is 0 Å². The van der Waals surface area contributed by atoms with Gasteiger partial charge in [0.25, 0.3) is 0 Å². The zero-order chi connectivity index (χ0) is 18.1. The molecule has 1 unspecified atom stereocenters. The van der Waals surface area contributed by atoms with E-state index in [1.54, 1.807) is 20.8 Å². The number of ether oxygens (including phenoxy) is 3. The van der Waals surface area contributed by atoms with E-state index in [4.69, 9.17) is 14.2 Å². The number of hydrogen-bond acceptors (Lipinski definition) is 7. The molecule has 0 radical (unpaired) electrons. The number of esters is 3. The Morgan fingerprint density at radius 3 is 2.04 bits per heavy atom. The summed E-state index contributed by atoms with van der Waals surface area (Å²) in [4.78, 5) is 49.1. The number of likely N-dealkylation sites (tertiary alicyclic amines) is 1. The first kappa shape index (κ1) is 19.9. The van der Waals surface area contributed by atoms with Crippen molar-refractivity contribution in [3.63, 3.8) is 0 Å². The lowest BCUT2D eigenvalue weighted by Gasteiger charge is -2.28. The molecular formula is C16H25NO7. The number of nitrogens with zero attached hydrogens (tertiary/aromatic N) is 1. The molecule has 0 spiro atoms. The molecule has 8 nitrogen and oxygen atoms in total. The van der Waals surface area contributed by atoms with Crippen molar-refractivity contribution in [1.82, 2.24) is 4.90 Å². The second-order valence-corrected chi connectivity index (χ2v) is 5.29. The number of carbonyl (C=O) groups is 4. The van der Waals surface area contributed by atoms with Gasteiger partial charge in [-0.25, -0.2) is 4.79 Å². The molecule has 1 saturated heterocycles. The third-order valence-corrected chi connectivity index (χ3v) is 3.66. The van der Waals surface area contributed by atoms with E-state index >= 15 is 0 Å². The van der Waals surface area contributed by atoms with Gasteiger partial charge in [-0.15, -0.1) is 0 Å². The summed E-state index contributed by atoms with van der Waals surface area (Å²) >= 11 is 0. The average Bonchev–Trinajstić information content (AvgIpc) is 2.91. The van der Waals surface area contributed by atoms with E-state index in [1.807, 2.05) is 0 Å². The van der Waals surface area contributed by atoms with Gasteiger partial charge in [0, 0.05) is 6.04 Å². The zero-order valence-corrected chi connectivity index (χ0v) is 14.4. The van der Waals surface area contributed by atoms with Crippen molar-refractivity contribution in [2.24, 2.45) is 0 Å². The molecule has 1 fully saturated rings. The second kappa shape index (κ2) is 9.89. The molecule has 1 rings (SSSR count). The molecule has 1 aliphatic rings. The van der Waals surface area contributed by atoms with Crippen molar-refractivity contribution in [3.05, 3.63) is 0 Å². The fourth-order valence-electron chi connectivity index (χ4n) is 2.77. The van der Waals surface area contributed by atoms with Gasteiger partial charge in [0.1, 0.15) is 12.5 Å². The zero-order valence-electron chi connectivity index (χ0n) is 14.4. The van der Waals surface area contributed by atoms with E-state index < -0.39 is 42.3 Å². The van der Waals surface area contributed by atoms with Crippen molar-refractivity contribution in [2.45, 2.75) is 58.5 Å². The Kier molecular flexibility index (Phi) is 8.21. The molecule has 0 aromatic carbocycles. The molecule has 24 heavy (non-hydrogen) atoms. The topological polar surface area (TPSA) is 99.2 Å². The minimum absolute atomic E-state index is 0.0156. The average molecular weight is 343 g/mol. The van der Waals surface area contributed by atoms with E-state index in [0.717, 1.165) is 0 Å². The Bertz CT molecular complexity index is 477. The van der Waals surface area contributed by atoms with Crippen molar-refractivity contribution < 1.29 is 33.4 Å². The van der Waals surface area contributed by atoms with Gasteiger partial charge >= 0.3 is 17.9 Å². The highest BCUT2D eigenvalue weighted by Crippen LogP contribution is 2.28. The summed E-state index contributed by atoms with van der Waals surface area (Å²) in [6.07, 6.45) is 0.371. The number of carbonyl (C=O) groups excluding carboxylic acids is 4. The molecule has 136 valence electrons. The summed E-state index contributed by atoms with van der Waals surface area (Å²) in [5.41, 5.74) is 0. The van der Waals surface area contributed by atoms with Gasteiger partial charge in [-0.1, -0.05) is 0 Å². The van der Waals surface area contributed by atoms with Crippen molar-refractivity contribution >= 4 is 23.8 Å². The molecule has 1 heterocycles. The predicted octanol–water partition coefficient (Wildman–Crippen LogP) is 0.815. The molecule has 0 bridgehead atoms. The predicted molar refractivity (Wildman–Crippen MR) is 82.8 cm³/mol. The standard InChI is InChI=1S/C16H25NO7/c1-4-22-14(19)9-11-7-8-12(16(21)24-6-3)17(11)13(18)10-15(20)23-5-2/h11-12H,4-10H2,1-3H3/t11?,12-/m1/s1. The van der Waals surface area contributed by atoms with Crippen LogP contribution in [0.1, 0.15) is 46.5 Å². The van der Waals surface area contributed by atoms with E-state index in [0.29, 0.717) is 12.8 Å². The SMILES string of the molecule is CCOC(=O)CC(=O)N1C(CC(=O)OCC)CC[C@@H]1C(=O)OCC. The number of amides is 1. The van der Waals surface area contributed by atoms with Gasteiger partial charge in [-0.05, 0) is 33.6 Å². The molecule has 0 aromatic heterocycles. The maximum Gasteiger partial charge on any atom is 0.328 e. The fraction of sp³-hybridized carbons (Fsp3) is 0.750. The summed E-state index contributed by atoms with van der Waals surface area (Å²) < 4.78 is 14.7. The Balaban J connectivity index is 2.86. The lowest BCUT2D eigenvalue weighted by molar-refractivity contribution is -0.158. The van der Waals surface area contributed by atoms with Crippen LogP contribution in [-0.2, 0) is 33.4 Å². The number of hydrogen-bond donors (Lipinski definition) is 0. The minimum atomic E-state index is -0.786. The van der Waals surface area contributed by atoms with Crippen LogP contribution in [0.4, 0.5) is 0 Å². The van der Waals surface area contributed by atoms with Gasteiger partial charge in [-0.2, -0.15) is 0 Å². The van der Waals surface area contributed by atoms with Gasteiger partial charge in [0.05, 0.1) is 26.2 Å². The van der Waals surface area contributed by atoms with Gasteiger partial charge in [-0.3, -0.25) is 14.4 Å². The molecular weight excluding hydrogens is 318 g/mol. The molecule has 0 saturated carbocycles. The Hall–Kier alpha value is -2.12. The monoisotopic (exact) mass is 343 g/mol. The van der Waals surface area contributed by atoms with Crippen molar-refractivity contribution in [1.29, 1.82) is 0 Å². The summed E-state index contributed by atoms with van der Waals surface area (Å²) in [5, 5.41) is 0. The highest BCUT2D eigenvalue weighted by atomic mass is 16.5. The van der Waals surface area contributed by atoms with Crippen LogP contribution in [-0.4, -0.2) is 60.6 Å². The lowest BCUT2D eigenvalue weighted by Crippen LogP contribution is -2.47. The molecule has 0 N–H and O–H groups in total. The maximum absolute atomic E-state index is 12.5. The first-order valence-corrected chi connectivity index (χ1v) is 8.23. The van der Waals surface area contributed by atoms with Crippen LogP contribution in [0.15, 0.2) is 0 Å². The summed E-state index contributed by atoms with van der Waals surface area (Å²) in [5.74, 6) is -2.17. The largest absolute Gasteiger partial charge is 0.466 e. The van der Waals surface area contributed by atoms with Gasteiger partial charge < -0.3 is 19.1 Å². The van der Waals surface area contributed by atoms with Gasteiger partial charge in [0.2, 0.25) is 5.91 Å². The molecule has 2 atom stereocenters. The van der Waals surface area contributed by atoms with E-state index in [2.05, 4.69) is 0 Å². The molecule has 0 aromatic rings. The van der Waals surface area contributed by atoms with Crippen LogP contribution in [0, 0.1) is 0 Å². The highest BCUT2D eigenvalue weighted by molar-refractivity contribution is 5.96. The molecule has 8 heteroatoms. The number of rotatable bonds is 8. The smallest absolute Gasteiger partial charge is 0.328 e. The van der Waals surface area contributed by atoms with Crippen LogP contribution < -0.4 is 0 Å². The third kappa shape index (κ3) is 5.50. The Morgan fingerprint density at radius 1 is 0.875 bits per heavy atom. The molecule has 1 amide bonds. The Morgan fingerprint density at radius 2 is 1.46 bits per heavy atom. The van der Waals surface area contributed by atoms with Crippen molar-refractivity contribution in [2.75, 3.05) is 19.8 Å².